The molecule has 1 aromatic heterocycles. The van der Waals surface area contributed by atoms with E-state index in [0.29, 0.717) is 5.56 Å². The fourth-order valence-corrected chi connectivity index (χ4v) is 1.84. The fraction of sp³-hybridized carbons (Fsp3) is 0.0769. The number of nitrogens with one attached hydrogen (secondary N) is 1. The number of hydrogen-bond donors (Lipinski definition) is 2. The lowest BCUT2D eigenvalue weighted by atomic mass is 10.2. The molecule has 1 aromatic carbocycles. The molecule has 8 nitrogen and oxygen atoms in total. The molecule has 0 atom stereocenters. The van der Waals surface area contributed by atoms with Gasteiger partial charge in [0.05, 0.1) is 23.3 Å². The van der Waals surface area contributed by atoms with E-state index in [2.05, 4.69) is 15.5 Å². The Morgan fingerprint density at radius 3 is 3.00 bits per heavy atom. The highest BCUT2D eigenvalue weighted by molar-refractivity contribution is 6.32. The molecular formula is C13H11ClN4O4. The van der Waals surface area contributed by atoms with Gasteiger partial charge in [0.25, 0.3) is 0 Å². The van der Waals surface area contributed by atoms with E-state index in [0.717, 1.165) is 0 Å². The Balaban J connectivity index is 2.20. The molecule has 0 spiro atoms. The minimum atomic E-state index is -0.564. The van der Waals surface area contributed by atoms with E-state index in [1.54, 1.807) is 0 Å². The Morgan fingerprint density at radius 2 is 2.32 bits per heavy atom. The van der Waals surface area contributed by atoms with Crippen LogP contribution in [0, 0.1) is 10.1 Å². The molecule has 114 valence electrons. The maximum Gasteiger partial charge on any atom is 0.313 e. The Morgan fingerprint density at radius 1 is 1.55 bits per heavy atom. The fourth-order valence-electron chi connectivity index (χ4n) is 1.62. The summed E-state index contributed by atoms with van der Waals surface area (Å²) in [6, 6.07) is 5.75. The number of hydrazone groups is 1. The molecule has 0 aliphatic heterocycles. The van der Waals surface area contributed by atoms with Gasteiger partial charge in [-0.2, -0.15) is 5.10 Å². The van der Waals surface area contributed by atoms with Crippen LogP contribution in [0.3, 0.4) is 0 Å². The van der Waals surface area contributed by atoms with Crippen molar-refractivity contribution >= 4 is 29.3 Å². The summed E-state index contributed by atoms with van der Waals surface area (Å²) >= 11 is 5.85. The highest BCUT2D eigenvalue weighted by Crippen LogP contribution is 2.34. The number of methoxy groups -OCH3 is 1. The number of anilines is 1. The molecular weight excluding hydrogens is 312 g/mol. The van der Waals surface area contributed by atoms with Crippen molar-refractivity contribution in [3.63, 3.8) is 0 Å². The largest absolute Gasteiger partial charge is 0.503 e. The molecule has 0 unspecified atom stereocenters. The van der Waals surface area contributed by atoms with Crippen LogP contribution in [0.15, 0.2) is 35.6 Å². The van der Waals surface area contributed by atoms with Crippen molar-refractivity contribution in [3.8, 4) is 11.5 Å². The number of pyridine rings is 1. The van der Waals surface area contributed by atoms with Gasteiger partial charge in [0.2, 0.25) is 5.82 Å². The molecule has 0 aliphatic carbocycles. The lowest BCUT2D eigenvalue weighted by Gasteiger charge is -2.06. The van der Waals surface area contributed by atoms with Gasteiger partial charge >= 0.3 is 5.69 Å². The summed E-state index contributed by atoms with van der Waals surface area (Å²) < 4.78 is 4.96. The standard InChI is InChI=1S/C13H11ClN4O4/c1-22-11-6-8(5-9(14)12(11)19)7-16-17-13-10(18(20)21)3-2-4-15-13/h2-7,19H,1H3,(H,15,17)/b16-7-. The van der Waals surface area contributed by atoms with E-state index >= 15 is 0 Å². The number of rotatable bonds is 5. The van der Waals surface area contributed by atoms with Gasteiger partial charge in [-0.15, -0.1) is 0 Å². The van der Waals surface area contributed by atoms with Crippen LogP contribution in [0.2, 0.25) is 5.02 Å². The molecule has 1 heterocycles. The van der Waals surface area contributed by atoms with E-state index in [9.17, 15) is 15.2 Å². The van der Waals surface area contributed by atoms with Gasteiger partial charge in [-0.3, -0.25) is 15.5 Å². The molecule has 0 radical (unpaired) electrons. The minimum Gasteiger partial charge on any atom is -0.503 e. The second kappa shape index (κ2) is 6.72. The third kappa shape index (κ3) is 3.41. The first-order valence-corrected chi connectivity index (χ1v) is 6.35. The summed E-state index contributed by atoms with van der Waals surface area (Å²) in [5.74, 6) is 0.0352. The average Bonchev–Trinajstić information content (AvgIpc) is 2.51. The predicted molar refractivity (Wildman–Crippen MR) is 81.8 cm³/mol. The van der Waals surface area contributed by atoms with Crippen molar-refractivity contribution in [2.75, 3.05) is 12.5 Å². The molecule has 0 saturated carbocycles. The van der Waals surface area contributed by atoms with Crippen LogP contribution in [-0.4, -0.2) is 28.3 Å². The van der Waals surface area contributed by atoms with Crippen molar-refractivity contribution in [2.24, 2.45) is 5.10 Å². The normalized spacial score (nSPS) is 10.6. The maximum absolute atomic E-state index is 10.8. The molecule has 2 N–H and O–H groups in total. The Labute approximate surface area is 130 Å². The molecule has 9 heteroatoms. The average molecular weight is 323 g/mol. The molecule has 2 rings (SSSR count). The molecule has 0 saturated heterocycles. The van der Waals surface area contributed by atoms with Crippen LogP contribution in [-0.2, 0) is 0 Å². The zero-order chi connectivity index (χ0) is 16.1. The number of ether oxygens (including phenoxy) is 1. The van der Waals surface area contributed by atoms with Gasteiger partial charge in [-0.05, 0) is 23.8 Å². The summed E-state index contributed by atoms with van der Waals surface area (Å²) in [5.41, 5.74) is 2.82. The Bertz CT molecular complexity index is 736. The van der Waals surface area contributed by atoms with Crippen molar-refractivity contribution in [2.45, 2.75) is 0 Å². The number of nitrogens with zero attached hydrogens (tertiary/aromatic N) is 3. The first-order valence-electron chi connectivity index (χ1n) is 5.98. The van der Waals surface area contributed by atoms with Gasteiger partial charge in [-0.25, -0.2) is 4.98 Å². The van der Waals surface area contributed by atoms with Gasteiger partial charge in [0.1, 0.15) is 0 Å². The van der Waals surface area contributed by atoms with E-state index in [1.807, 2.05) is 0 Å². The number of aromatic nitrogens is 1. The highest BCUT2D eigenvalue weighted by Gasteiger charge is 2.13. The molecule has 2 aromatic rings. The zero-order valence-corrected chi connectivity index (χ0v) is 12.1. The van der Waals surface area contributed by atoms with Crippen molar-refractivity contribution < 1.29 is 14.8 Å². The van der Waals surface area contributed by atoms with Crippen LogP contribution >= 0.6 is 11.6 Å². The predicted octanol–water partition coefficient (Wildman–Crippen LogP) is 2.80. The highest BCUT2D eigenvalue weighted by atomic mass is 35.5. The van der Waals surface area contributed by atoms with Crippen molar-refractivity contribution in [3.05, 3.63) is 51.2 Å². The van der Waals surface area contributed by atoms with E-state index < -0.39 is 4.92 Å². The van der Waals surface area contributed by atoms with Crippen LogP contribution in [0.5, 0.6) is 11.5 Å². The molecule has 0 aliphatic rings. The van der Waals surface area contributed by atoms with Gasteiger partial charge in [-0.1, -0.05) is 11.6 Å². The van der Waals surface area contributed by atoms with Gasteiger partial charge in [0, 0.05) is 12.3 Å². The van der Waals surface area contributed by atoms with E-state index in [1.165, 1.54) is 43.8 Å². The number of nitro groups is 1. The molecule has 0 amide bonds. The van der Waals surface area contributed by atoms with Crippen molar-refractivity contribution in [1.29, 1.82) is 0 Å². The van der Waals surface area contributed by atoms with Crippen LogP contribution in [0.4, 0.5) is 11.5 Å². The number of phenolic OH excluding ortho intramolecular Hbond substituents is 1. The van der Waals surface area contributed by atoms with Crippen LogP contribution in [0.1, 0.15) is 5.56 Å². The molecule has 0 fully saturated rings. The summed E-state index contributed by atoms with van der Waals surface area (Å²) in [6.07, 6.45) is 2.78. The number of hydrogen-bond acceptors (Lipinski definition) is 7. The topological polar surface area (TPSA) is 110 Å². The number of benzene rings is 1. The van der Waals surface area contributed by atoms with Gasteiger partial charge in [0.15, 0.2) is 11.5 Å². The first-order chi connectivity index (χ1) is 10.5. The summed E-state index contributed by atoms with van der Waals surface area (Å²) in [7, 11) is 1.39. The number of phenols is 1. The smallest absolute Gasteiger partial charge is 0.313 e. The second-order valence-electron chi connectivity index (χ2n) is 4.05. The lowest BCUT2D eigenvalue weighted by molar-refractivity contribution is -0.384. The molecule has 0 bridgehead atoms. The summed E-state index contributed by atoms with van der Waals surface area (Å²) in [4.78, 5) is 14.1. The van der Waals surface area contributed by atoms with Crippen molar-refractivity contribution in [1.82, 2.24) is 4.98 Å². The quantitative estimate of drug-likeness (QED) is 0.497. The number of aromatic hydroxyl groups is 1. The van der Waals surface area contributed by atoms with E-state index in [-0.39, 0.29) is 28.0 Å². The number of halogens is 1. The Kier molecular flexibility index (Phi) is 4.74. The zero-order valence-electron chi connectivity index (χ0n) is 11.4. The van der Waals surface area contributed by atoms with Gasteiger partial charge < -0.3 is 9.84 Å². The third-order valence-electron chi connectivity index (χ3n) is 2.64. The van der Waals surface area contributed by atoms with E-state index in [4.69, 9.17) is 16.3 Å². The van der Waals surface area contributed by atoms with Crippen LogP contribution < -0.4 is 10.2 Å². The Hall–Kier alpha value is -2.87. The lowest BCUT2D eigenvalue weighted by Crippen LogP contribution is -1.99. The SMILES string of the molecule is COc1cc(/C=N\Nc2ncccc2[N+](=O)[O-])cc(Cl)c1O. The first kappa shape index (κ1) is 15.5. The second-order valence-corrected chi connectivity index (χ2v) is 4.46. The summed E-state index contributed by atoms with van der Waals surface area (Å²) in [6.45, 7) is 0. The monoisotopic (exact) mass is 322 g/mol. The minimum absolute atomic E-state index is 0.0144. The third-order valence-corrected chi connectivity index (χ3v) is 2.93. The summed E-state index contributed by atoms with van der Waals surface area (Å²) in [5, 5.41) is 24.4. The maximum atomic E-state index is 10.8. The van der Waals surface area contributed by atoms with Crippen LogP contribution in [0.25, 0.3) is 0 Å². The molecule has 22 heavy (non-hydrogen) atoms.